The van der Waals surface area contributed by atoms with E-state index in [0.717, 1.165) is 27.3 Å². The molecule has 0 aliphatic carbocycles. The fourth-order valence-corrected chi connectivity index (χ4v) is 2.46. The molecule has 0 atom stereocenters. The summed E-state index contributed by atoms with van der Waals surface area (Å²) >= 11 is 0. The number of hydrogen-bond donors (Lipinski definition) is 1. The first-order chi connectivity index (χ1) is 8.84. The number of hydrogen-bond acceptors (Lipinski definition) is 3. The average Bonchev–Trinajstić information content (AvgIpc) is 2.88. The molecular weight excluding hydrogens is 226 g/mol. The Kier molecular flexibility index (Phi) is 1.67. The molecule has 0 saturated heterocycles. The van der Waals surface area contributed by atoms with Crippen molar-refractivity contribution < 1.29 is 5.11 Å². The van der Waals surface area contributed by atoms with Gasteiger partial charge in [0.15, 0.2) is 5.65 Å². The summed E-state index contributed by atoms with van der Waals surface area (Å²) in [7, 11) is 0. The molecule has 0 aliphatic heterocycles. The van der Waals surface area contributed by atoms with Gasteiger partial charge >= 0.3 is 0 Å². The minimum absolute atomic E-state index is 0.239. The van der Waals surface area contributed by atoms with Crippen LogP contribution in [0.5, 0.6) is 5.75 Å². The van der Waals surface area contributed by atoms with Crippen LogP contribution in [-0.2, 0) is 0 Å². The number of aromatic hydroxyl groups is 1. The van der Waals surface area contributed by atoms with Gasteiger partial charge in [-0.1, -0.05) is 18.2 Å². The Labute approximate surface area is 102 Å². The lowest BCUT2D eigenvalue weighted by atomic mass is 10.1. The quantitative estimate of drug-likeness (QED) is 0.477. The minimum Gasteiger partial charge on any atom is -0.508 e. The van der Waals surface area contributed by atoms with Gasteiger partial charge in [0.05, 0.1) is 5.52 Å². The largest absolute Gasteiger partial charge is 0.508 e. The van der Waals surface area contributed by atoms with Crippen molar-refractivity contribution in [2.75, 3.05) is 0 Å². The Morgan fingerprint density at radius 1 is 0.944 bits per heavy atom. The number of pyridine rings is 1. The molecule has 0 saturated carbocycles. The number of aromatic nitrogens is 3. The highest BCUT2D eigenvalue weighted by molar-refractivity contribution is 6.11. The Bertz CT molecular complexity index is 895. The third-order valence-corrected chi connectivity index (χ3v) is 3.25. The van der Waals surface area contributed by atoms with Crippen molar-refractivity contribution in [3.8, 4) is 5.75 Å². The molecule has 0 bridgehead atoms. The lowest BCUT2D eigenvalue weighted by Gasteiger charge is -2.07. The molecule has 0 aliphatic rings. The number of nitrogens with zero attached hydrogens (tertiary/aromatic N) is 3. The van der Waals surface area contributed by atoms with Crippen LogP contribution >= 0.6 is 0 Å². The zero-order valence-corrected chi connectivity index (χ0v) is 9.41. The molecule has 4 rings (SSSR count). The van der Waals surface area contributed by atoms with E-state index in [1.54, 1.807) is 18.5 Å². The van der Waals surface area contributed by atoms with Crippen molar-refractivity contribution in [2.45, 2.75) is 0 Å². The number of rotatable bonds is 0. The molecular formula is C14H9N3O. The molecule has 2 aromatic heterocycles. The maximum Gasteiger partial charge on any atom is 0.169 e. The normalized spacial score (nSPS) is 11.6. The summed E-state index contributed by atoms with van der Waals surface area (Å²) in [6.45, 7) is 0. The van der Waals surface area contributed by atoms with Crippen molar-refractivity contribution in [2.24, 2.45) is 0 Å². The molecule has 0 fully saturated rings. The number of fused-ring (bicyclic) bond motifs is 6. The van der Waals surface area contributed by atoms with E-state index in [1.165, 1.54) is 0 Å². The summed E-state index contributed by atoms with van der Waals surface area (Å²) < 4.78 is 1.94. The van der Waals surface area contributed by atoms with E-state index in [2.05, 4.69) is 16.3 Å². The minimum atomic E-state index is 0.239. The zero-order chi connectivity index (χ0) is 12.1. The van der Waals surface area contributed by atoms with Gasteiger partial charge in [0.1, 0.15) is 12.1 Å². The molecule has 18 heavy (non-hydrogen) atoms. The third kappa shape index (κ3) is 1.09. The van der Waals surface area contributed by atoms with Crippen LogP contribution in [0.1, 0.15) is 0 Å². The molecule has 2 heterocycles. The van der Waals surface area contributed by atoms with Gasteiger partial charge in [0, 0.05) is 10.8 Å². The number of phenols is 1. The first-order valence-electron chi connectivity index (χ1n) is 5.68. The molecule has 86 valence electrons. The highest BCUT2D eigenvalue weighted by Crippen LogP contribution is 2.30. The van der Waals surface area contributed by atoms with Crippen molar-refractivity contribution >= 4 is 27.3 Å². The van der Waals surface area contributed by atoms with E-state index >= 15 is 0 Å². The monoisotopic (exact) mass is 235 g/mol. The maximum absolute atomic E-state index is 9.64. The lowest BCUT2D eigenvalue weighted by molar-refractivity contribution is 0.476. The van der Waals surface area contributed by atoms with Crippen LogP contribution in [0, 0.1) is 0 Å². The van der Waals surface area contributed by atoms with Crippen LogP contribution in [0.15, 0.2) is 48.8 Å². The van der Waals surface area contributed by atoms with Crippen molar-refractivity contribution in [1.82, 2.24) is 14.6 Å². The van der Waals surface area contributed by atoms with Crippen LogP contribution in [0.3, 0.4) is 0 Å². The summed E-state index contributed by atoms with van der Waals surface area (Å²) in [6, 6.07) is 13.4. The maximum atomic E-state index is 9.64. The molecule has 4 nitrogen and oxygen atoms in total. The van der Waals surface area contributed by atoms with Gasteiger partial charge in [-0.15, -0.1) is 10.2 Å². The van der Waals surface area contributed by atoms with Gasteiger partial charge in [0.25, 0.3) is 0 Å². The fraction of sp³-hybridized carbons (Fsp3) is 0. The predicted octanol–water partition coefficient (Wildman–Crippen LogP) is 2.74. The van der Waals surface area contributed by atoms with E-state index in [4.69, 9.17) is 0 Å². The number of benzene rings is 2. The van der Waals surface area contributed by atoms with Crippen LogP contribution in [0.25, 0.3) is 27.3 Å². The molecule has 0 unspecified atom stereocenters. The second-order valence-electron chi connectivity index (χ2n) is 4.27. The smallest absolute Gasteiger partial charge is 0.169 e. The highest BCUT2D eigenvalue weighted by atomic mass is 16.3. The molecule has 4 aromatic rings. The Balaban J connectivity index is 2.44. The second-order valence-corrected chi connectivity index (χ2v) is 4.27. The van der Waals surface area contributed by atoms with Gasteiger partial charge < -0.3 is 5.11 Å². The van der Waals surface area contributed by atoms with Gasteiger partial charge in [-0.2, -0.15) is 0 Å². The highest BCUT2D eigenvalue weighted by Gasteiger charge is 2.09. The SMILES string of the molecule is Oc1ccc2c3ccccc3n3cnnc3c2c1. The number of phenolic OH excluding ortho intramolecular Hbond substituents is 1. The molecule has 0 amide bonds. The van der Waals surface area contributed by atoms with Crippen LogP contribution < -0.4 is 0 Å². The first-order valence-corrected chi connectivity index (χ1v) is 5.68. The molecule has 2 aromatic carbocycles. The summed E-state index contributed by atoms with van der Waals surface area (Å²) in [5, 5.41) is 20.9. The predicted molar refractivity (Wildman–Crippen MR) is 69.7 cm³/mol. The molecule has 0 spiro atoms. The van der Waals surface area contributed by atoms with Gasteiger partial charge in [0.2, 0.25) is 0 Å². The topological polar surface area (TPSA) is 50.4 Å². The average molecular weight is 235 g/mol. The first kappa shape index (κ1) is 9.41. The van der Waals surface area contributed by atoms with Gasteiger partial charge in [-0.25, -0.2) is 0 Å². The summed E-state index contributed by atoms with van der Waals surface area (Å²) in [5.74, 6) is 0.239. The fourth-order valence-electron chi connectivity index (χ4n) is 2.46. The van der Waals surface area contributed by atoms with Gasteiger partial charge in [-0.3, -0.25) is 4.40 Å². The van der Waals surface area contributed by atoms with Crippen LogP contribution in [0.4, 0.5) is 0 Å². The van der Waals surface area contributed by atoms with E-state index in [9.17, 15) is 5.11 Å². The lowest BCUT2D eigenvalue weighted by Crippen LogP contribution is -1.89. The van der Waals surface area contributed by atoms with Gasteiger partial charge in [-0.05, 0) is 29.7 Å². The standard InChI is InChI=1S/C14H9N3O/c18-9-5-6-10-11-3-1-2-4-13(11)17-8-15-16-14(17)12(10)7-9/h1-8,18H. The molecule has 0 radical (unpaired) electrons. The second kappa shape index (κ2) is 3.20. The van der Waals surface area contributed by atoms with Crippen LogP contribution in [-0.4, -0.2) is 19.7 Å². The van der Waals surface area contributed by atoms with E-state index in [0.29, 0.717) is 0 Å². The van der Waals surface area contributed by atoms with E-state index < -0.39 is 0 Å². The summed E-state index contributed by atoms with van der Waals surface area (Å²) in [6.07, 6.45) is 1.70. The Morgan fingerprint density at radius 3 is 2.78 bits per heavy atom. The van der Waals surface area contributed by atoms with E-state index in [1.807, 2.05) is 28.7 Å². The molecule has 4 heteroatoms. The Morgan fingerprint density at radius 2 is 1.83 bits per heavy atom. The summed E-state index contributed by atoms with van der Waals surface area (Å²) in [5.41, 5.74) is 1.83. The van der Waals surface area contributed by atoms with E-state index in [-0.39, 0.29) is 5.75 Å². The van der Waals surface area contributed by atoms with Crippen LogP contribution in [0.2, 0.25) is 0 Å². The summed E-state index contributed by atoms with van der Waals surface area (Å²) in [4.78, 5) is 0. The molecule has 1 N–H and O–H groups in total. The van der Waals surface area contributed by atoms with Crippen molar-refractivity contribution in [1.29, 1.82) is 0 Å². The third-order valence-electron chi connectivity index (χ3n) is 3.25. The Hall–Kier alpha value is -2.62. The van der Waals surface area contributed by atoms with Crippen molar-refractivity contribution in [3.05, 3.63) is 48.8 Å². The van der Waals surface area contributed by atoms with Crippen molar-refractivity contribution in [3.63, 3.8) is 0 Å². The zero-order valence-electron chi connectivity index (χ0n) is 9.41. The number of para-hydroxylation sites is 1.